The van der Waals surface area contributed by atoms with Crippen molar-refractivity contribution in [3.63, 3.8) is 0 Å². The first-order valence-corrected chi connectivity index (χ1v) is 7.17. The van der Waals surface area contributed by atoms with Crippen LogP contribution in [0, 0.1) is 6.92 Å². The molecule has 2 aromatic rings. The van der Waals surface area contributed by atoms with E-state index in [0.29, 0.717) is 11.5 Å². The maximum absolute atomic E-state index is 11.8. The molecule has 19 heavy (non-hydrogen) atoms. The zero-order chi connectivity index (χ0) is 14.0. The van der Waals surface area contributed by atoms with Crippen LogP contribution >= 0.6 is 0 Å². The lowest BCUT2D eigenvalue weighted by atomic mass is 10.2. The van der Waals surface area contributed by atoms with Crippen molar-refractivity contribution in [3.8, 4) is 0 Å². The van der Waals surface area contributed by atoms with Crippen LogP contribution in [0.3, 0.4) is 0 Å². The number of hydrogen-bond acceptors (Lipinski definition) is 6. The largest absolute Gasteiger partial charge is 0.338 e. The Morgan fingerprint density at radius 2 is 1.89 bits per heavy atom. The Hall–Kier alpha value is -2.22. The normalized spacial score (nSPS) is 11.3. The smallest absolute Gasteiger partial charge is 0.270 e. The van der Waals surface area contributed by atoms with Crippen molar-refractivity contribution in [2.45, 2.75) is 11.8 Å². The van der Waals surface area contributed by atoms with Crippen LogP contribution in [0.1, 0.15) is 16.2 Å². The van der Waals surface area contributed by atoms with Crippen LogP contribution < -0.4 is 5.32 Å². The molecule has 1 N–H and O–H groups in total. The van der Waals surface area contributed by atoms with Gasteiger partial charge in [-0.05, 0) is 29.4 Å². The average Bonchev–Trinajstić information content (AvgIpc) is 2.74. The monoisotopic (exact) mass is 281 g/mol. The van der Waals surface area contributed by atoms with E-state index in [1.54, 1.807) is 6.92 Å². The van der Waals surface area contributed by atoms with Gasteiger partial charge in [-0.2, -0.15) is 4.98 Å². The first kappa shape index (κ1) is 13.2. The zero-order valence-electron chi connectivity index (χ0n) is 10.2. The Morgan fingerprint density at radius 3 is 2.37 bits per heavy atom. The summed E-state index contributed by atoms with van der Waals surface area (Å²) in [6.45, 7) is 1.60. The first-order valence-electron chi connectivity index (χ1n) is 5.28. The van der Waals surface area contributed by atoms with Crippen LogP contribution in [0.2, 0.25) is 0 Å². The molecule has 0 unspecified atom stereocenters. The van der Waals surface area contributed by atoms with E-state index in [0.717, 1.165) is 6.26 Å². The molecule has 1 amide bonds. The van der Waals surface area contributed by atoms with Crippen molar-refractivity contribution >= 4 is 21.7 Å². The molecular formula is C11H11N3O4S. The van der Waals surface area contributed by atoms with Gasteiger partial charge in [-0.25, -0.2) is 8.42 Å². The summed E-state index contributed by atoms with van der Waals surface area (Å²) in [5.41, 5.74) is 0.301. The second-order valence-corrected chi connectivity index (χ2v) is 5.90. The number of nitrogens with zero attached hydrogens (tertiary/aromatic N) is 2. The summed E-state index contributed by atoms with van der Waals surface area (Å²) in [6.07, 6.45) is 1.10. The van der Waals surface area contributed by atoms with Crippen LogP contribution in [0.15, 0.2) is 33.7 Å². The van der Waals surface area contributed by atoms with Gasteiger partial charge in [0.2, 0.25) is 5.89 Å². The molecule has 7 nitrogen and oxygen atoms in total. The molecule has 100 valence electrons. The fourth-order valence-electron chi connectivity index (χ4n) is 1.38. The van der Waals surface area contributed by atoms with Crippen LogP contribution in [0.25, 0.3) is 0 Å². The Kier molecular flexibility index (Phi) is 3.34. The lowest BCUT2D eigenvalue weighted by molar-refractivity contribution is 0.102. The third-order valence-electron chi connectivity index (χ3n) is 2.30. The molecule has 0 bridgehead atoms. The van der Waals surface area contributed by atoms with Gasteiger partial charge in [-0.3, -0.25) is 10.1 Å². The van der Waals surface area contributed by atoms with E-state index in [1.807, 2.05) is 0 Å². The number of nitrogens with one attached hydrogen (secondary N) is 1. The molecular weight excluding hydrogens is 270 g/mol. The highest BCUT2D eigenvalue weighted by Gasteiger charge is 2.12. The highest BCUT2D eigenvalue weighted by Crippen LogP contribution is 2.11. The topological polar surface area (TPSA) is 102 Å². The molecule has 0 aliphatic carbocycles. The minimum Gasteiger partial charge on any atom is -0.338 e. The Morgan fingerprint density at radius 1 is 1.26 bits per heavy atom. The number of carbonyl (C=O) groups is 1. The van der Waals surface area contributed by atoms with Gasteiger partial charge in [-0.1, -0.05) is 0 Å². The van der Waals surface area contributed by atoms with E-state index in [1.165, 1.54) is 24.3 Å². The highest BCUT2D eigenvalue weighted by molar-refractivity contribution is 7.90. The molecule has 0 fully saturated rings. The third kappa shape index (κ3) is 3.16. The number of aryl methyl sites for hydroxylation is 1. The highest BCUT2D eigenvalue weighted by atomic mass is 32.2. The number of carbonyl (C=O) groups excluding carboxylic acids is 1. The fourth-order valence-corrected chi connectivity index (χ4v) is 2.01. The summed E-state index contributed by atoms with van der Waals surface area (Å²) >= 11 is 0. The number of aromatic nitrogens is 2. The number of anilines is 1. The van der Waals surface area contributed by atoms with Gasteiger partial charge in [0.25, 0.3) is 11.9 Å². The van der Waals surface area contributed by atoms with Crippen LogP contribution in [0.4, 0.5) is 5.95 Å². The molecule has 0 aliphatic heterocycles. The summed E-state index contributed by atoms with van der Waals surface area (Å²) in [5, 5.41) is 5.96. The molecule has 1 aromatic heterocycles. The van der Waals surface area contributed by atoms with Crippen LogP contribution in [-0.2, 0) is 9.84 Å². The predicted octanol–water partition coefficient (Wildman–Crippen LogP) is 1.03. The van der Waals surface area contributed by atoms with E-state index in [9.17, 15) is 13.2 Å². The van der Waals surface area contributed by atoms with Gasteiger partial charge in [0.15, 0.2) is 9.84 Å². The standard InChI is InChI=1S/C11H11N3O4S/c1-7-12-11(14-18-7)13-10(15)8-3-5-9(6-4-8)19(2,16)17/h3-6H,1-2H3,(H,13,14,15). The number of sulfone groups is 1. The van der Waals surface area contributed by atoms with Crippen molar-refractivity contribution in [3.05, 3.63) is 35.7 Å². The molecule has 0 atom stereocenters. The van der Waals surface area contributed by atoms with Gasteiger partial charge in [0.1, 0.15) is 0 Å². The van der Waals surface area contributed by atoms with Gasteiger partial charge in [0, 0.05) is 18.7 Å². The number of rotatable bonds is 3. The molecule has 8 heteroatoms. The maximum atomic E-state index is 11.8. The van der Waals surface area contributed by atoms with E-state index < -0.39 is 15.7 Å². The van der Waals surface area contributed by atoms with Crippen molar-refractivity contribution in [2.24, 2.45) is 0 Å². The van der Waals surface area contributed by atoms with Crippen molar-refractivity contribution < 1.29 is 17.7 Å². The van der Waals surface area contributed by atoms with Crippen molar-refractivity contribution in [1.29, 1.82) is 0 Å². The molecule has 0 saturated carbocycles. The van der Waals surface area contributed by atoms with Gasteiger partial charge >= 0.3 is 0 Å². The van der Waals surface area contributed by atoms with Gasteiger partial charge < -0.3 is 4.52 Å². The SMILES string of the molecule is Cc1nc(NC(=O)c2ccc(S(C)(=O)=O)cc2)no1. The molecule has 0 saturated heterocycles. The van der Waals surface area contributed by atoms with E-state index in [2.05, 4.69) is 15.5 Å². The van der Waals surface area contributed by atoms with Gasteiger partial charge in [-0.15, -0.1) is 0 Å². The Labute approximate surface area is 109 Å². The predicted molar refractivity (Wildman–Crippen MR) is 66.5 cm³/mol. The molecule has 1 heterocycles. The van der Waals surface area contributed by atoms with Crippen LogP contribution in [0.5, 0.6) is 0 Å². The summed E-state index contributed by atoms with van der Waals surface area (Å²) < 4.78 is 27.3. The summed E-state index contributed by atoms with van der Waals surface area (Å²) in [6, 6.07) is 5.56. The molecule has 1 aromatic carbocycles. The lowest BCUT2D eigenvalue weighted by Gasteiger charge is -2.02. The van der Waals surface area contributed by atoms with E-state index >= 15 is 0 Å². The van der Waals surface area contributed by atoms with E-state index in [-0.39, 0.29) is 10.8 Å². The van der Waals surface area contributed by atoms with Crippen molar-refractivity contribution in [1.82, 2.24) is 10.1 Å². The quantitative estimate of drug-likeness (QED) is 0.901. The summed E-state index contributed by atoms with van der Waals surface area (Å²) in [4.78, 5) is 15.8. The number of amides is 1. The zero-order valence-corrected chi connectivity index (χ0v) is 11.1. The summed E-state index contributed by atoms with van der Waals surface area (Å²) in [7, 11) is -3.27. The molecule has 0 radical (unpaired) electrons. The second-order valence-electron chi connectivity index (χ2n) is 3.89. The minimum absolute atomic E-state index is 0.0645. The maximum Gasteiger partial charge on any atom is 0.270 e. The average molecular weight is 281 g/mol. The van der Waals surface area contributed by atoms with Gasteiger partial charge in [0.05, 0.1) is 4.90 Å². The number of benzene rings is 1. The third-order valence-corrected chi connectivity index (χ3v) is 3.43. The molecule has 0 spiro atoms. The van der Waals surface area contributed by atoms with E-state index in [4.69, 9.17) is 4.52 Å². The lowest BCUT2D eigenvalue weighted by Crippen LogP contribution is -2.13. The Balaban J connectivity index is 2.16. The molecule has 0 aliphatic rings. The fraction of sp³-hybridized carbons (Fsp3) is 0.182. The number of hydrogen-bond donors (Lipinski definition) is 1. The molecule has 2 rings (SSSR count). The first-order chi connectivity index (χ1) is 8.86. The Bertz CT molecular complexity index is 704. The summed E-state index contributed by atoms with van der Waals surface area (Å²) in [5.74, 6) is -0.0433. The van der Waals surface area contributed by atoms with Crippen LogP contribution in [-0.4, -0.2) is 30.7 Å². The second kappa shape index (κ2) is 4.81. The van der Waals surface area contributed by atoms with Crippen molar-refractivity contribution in [2.75, 3.05) is 11.6 Å². The minimum atomic E-state index is -3.27.